The third-order valence-corrected chi connectivity index (χ3v) is 4.14. The summed E-state index contributed by atoms with van der Waals surface area (Å²) in [5.74, 6) is 0.0563. The molecule has 0 aromatic heterocycles. The molecular formula is C14H10BrClOS. The summed E-state index contributed by atoms with van der Waals surface area (Å²) >= 11 is 10.9. The lowest BCUT2D eigenvalue weighted by Crippen LogP contribution is -1.94. The van der Waals surface area contributed by atoms with Crippen LogP contribution in [0.1, 0.15) is 17.3 Å². The third kappa shape index (κ3) is 3.37. The summed E-state index contributed by atoms with van der Waals surface area (Å²) in [4.78, 5) is 13.6. The number of carbonyl (C=O) groups excluding carboxylic acids is 1. The summed E-state index contributed by atoms with van der Waals surface area (Å²) in [6, 6.07) is 13.3. The molecule has 0 aliphatic heterocycles. The number of ketones is 1. The molecule has 2 aromatic rings. The van der Waals surface area contributed by atoms with Gasteiger partial charge in [0.05, 0.1) is 0 Å². The maximum absolute atomic E-state index is 11.6. The highest BCUT2D eigenvalue weighted by molar-refractivity contribution is 9.10. The topological polar surface area (TPSA) is 17.1 Å². The minimum atomic E-state index is 0.0563. The second-order valence-corrected chi connectivity index (χ2v) is 6.22. The maximum atomic E-state index is 11.6. The fourth-order valence-corrected chi connectivity index (χ4v) is 3.17. The minimum absolute atomic E-state index is 0.0563. The summed E-state index contributed by atoms with van der Waals surface area (Å²) in [6.45, 7) is 1.57. The van der Waals surface area contributed by atoms with E-state index in [1.807, 2.05) is 42.5 Å². The van der Waals surface area contributed by atoms with Crippen LogP contribution in [0.15, 0.2) is 56.7 Å². The smallest absolute Gasteiger partial charge is 0.160 e. The molecule has 4 heteroatoms. The minimum Gasteiger partial charge on any atom is -0.294 e. The number of carbonyl (C=O) groups is 1. The molecule has 0 saturated heterocycles. The first kappa shape index (κ1) is 13.7. The van der Waals surface area contributed by atoms with Gasteiger partial charge in [0, 0.05) is 24.8 Å². The monoisotopic (exact) mass is 340 g/mol. The summed E-state index contributed by atoms with van der Waals surface area (Å²) in [5, 5.41) is 0.696. The zero-order chi connectivity index (χ0) is 13.1. The van der Waals surface area contributed by atoms with E-state index >= 15 is 0 Å². The molecule has 0 aliphatic carbocycles. The average Bonchev–Trinajstić information content (AvgIpc) is 2.31. The van der Waals surface area contributed by atoms with Crippen molar-refractivity contribution in [1.29, 1.82) is 0 Å². The Morgan fingerprint density at radius 2 is 2.00 bits per heavy atom. The molecule has 0 bridgehead atoms. The van der Waals surface area contributed by atoms with Crippen molar-refractivity contribution < 1.29 is 4.79 Å². The van der Waals surface area contributed by atoms with E-state index in [1.54, 1.807) is 6.92 Å². The molecule has 0 amide bonds. The Hall–Kier alpha value is -0.770. The quantitative estimate of drug-likeness (QED) is 0.690. The van der Waals surface area contributed by atoms with Crippen LogP contribution in [0.3, 0.4) is 0 Å². The normalized spacial score (nSPS) is 10.4. The second kappa shape index (κ2) is 5.91. The van der Waals surface area contributed by atoms with Crippen LogP contribution in [0.25, 0.3) is 0 Å². The molecule has 2 rings (SSSR count). The first-order chi connectivity index (χ1) is 8.56. The number of hydrogen-bond acceptors (Lipinski definition) is 2. The lowest BCUT2D eigenvalue weighted by atomic mass is 10.1. The van der Waals surface area contributed by atoms with Gasteiger partial charge in [0.25, 0.3) is 0 Å². The largest absolute Gasteiger partial charge is 0.294 e. The van der Waals surface area contributed by atoms with Gasteiger partial charge in [-0.05, 0) is 43.3 Å². The molecule has 0 atom stereocenters. The van der Waals surface area contributed by atoms with Gasteiger partial charge < -0.3 is 0 Å². The van der Waals surface area contributed by atoms with Crippen molar-refractivity contribution in [2.24, 2.45) is 0 Å². The van der Waals surface area contributed by atoms with Crippen LogP contribution in [-0.2, 0) is 0 Å². The lowest BCUT2D eigenvalue weighted by molar-refractivity contribution is 0.101. The number of Topliss-reactive ketones (excluding diaryl/α,β-unsaturated/α-hetero) is 1. The van der Waals surface area contributed by atoms with Crippen molar-refractivity contribution in [3.8, 4) is 0 Å². The number of halogens is 2. The van der Waals surface area contributed by atoms with Gasteiger partial charge in [0.1, 0.15) is 0 Å². The number of benzene rings is 2. The van der Waals surface area contributed by atoms with E-state index in [9.17, 15) is 4.79 Å². The van der Waals surface area contributed by atoms with Gasteiger partial charge in [0.2, 0.25) is 0 Å². The molecule has 0 spiro atoms. The predicted molar refractivity (Wildman–Crippen MR) is 79.7 cm³/mol. The Kier molecular flexibility index (Phi) is 4.49. The van der Waals surface area contributed by atoms with Crippen LogP contribution in [0, 0.1) is 0 Å². The van der Waals surface area contributed by atoms with E-state index in [-0.39, 0.29) is 5.78 Å². The Morgan fingerprint density at radius 3 is 2.67 bits per heavy atom. The van der Waals surface area contributed by atoms with Crippen molar-refractivity contribution in [2.75, 3.05) is 0 Å². The Bertz CT molecular complexity index is 598. The van der Waals surface area contributed by atoms with Crippen molar-refractivity contribution >= 4 is 45.1 Å². The summed E-state index contributed by atoms with van der Waals surface area (Å²) in [6.07, 6.45) is 0. The van der Waals surface area contributed by atoms with Crippen LogP contribution in [-0.4, -0.2) is 5.78 Å². The molecule has 2 aromatic carbocycles. The maximum Gasteiger partial charge on any atom is 0.160 e. The molecule has 0 radical (unpaired) electrons. The summed E-state index contributed by atoms with van der Waals surface area (Å²) < 4.78 is 0.906. The van der Waals surface area contributed by atoms with Crippen LogP contribution >= 0.6 is 39.3 Å². The van der Waals surface area contributed by atoms with E-state index in [1.165, 1.54) is 11.8 Å². The highest BCUT2D eigenvalue weighted by Crippen LogP contribution is 2.33. The predicted octanol–water partition coefficient (Wildman–Crippen LogP) is 5.46. The van der Waals surface area contributed by atoms with E-state index in [4.69, 9.17) is 11.6 Å². The van der Waals surface area contributed by atoms with Crippen molar-refractivity contribution in [3.63, 3.8) is 0 Å². The third-order valence-electron chi connectivity index (χ3n) is 2.34. The zero-order valence-electron chi connectivity index (χ0n) is 9.61. The van der Waals surface area contributed by atoms with Crippen LogP contribution in [0.5, 0.6) is 0 Å². The second-order valence-electron chi connectivity index (χ2n) is 3.76. The van der Waals surface area contributed by atoms with Crippen molar-refractivity contribution in [3.05, 3.63) is 57.5 Å². The standard InChI is InChI=1S/C14H10BrClOS/c1-9(17)13-7-10(15)5-6-14(13)18-12-4-2-3-11(16)8-12/h2-8H,1H3. The van der Waals surface area contributed by atoms with Gasteiger partial charge in [-0.25, -0.2) is 0 Å². The molecular weight excluding hydrogens is 332 g/mol. The first-order valence-corrected chi connectivity index (χ1v) is 7.29. The molecule has 0 saturated carbocycles. The first-order valence-electron chi connectivity index (χ1n) is 5.30. The highest BCUT2D eigenvalue weighted by Gasteiger charge is 2.09. The molecule has 18 heavy (non-hydrogen) atoms. The zero-order valence-corrected chi connectivity index (χ0v) is 12.8. The van der Waals surface area contributed by atoms with Crippen molar-refractivity contribution in [1.82, 2.24) is 0 Å². The van der Waals surface area contributed by atoms with Crippen molar-refractivity contribution in [2.45, 2.75) is 16.7 Å². The summed E-state index contributed by atoms with van der Waals surface area (Å²) in [5.41, 5.74) is 0.717. The van der Waals surface area contributed by atoms with E-state index in [0.29, 0.717) is 10.6 Å². The van der Waals surface area contributed by atoms with Crippen LogP contribution < -0.4 is 0 Å². The molecule has 0 unspecified atom stereocenters. The van der Waals surface area contributed by atoms with Gasteiger partial charge >= 0.3 is 0 Å². The number of hydrogen-bond donors (Lipinski definition) is 0. The molecule has 92 valence electrons. The highest BCUT2D eigenvalue weighted by atomic mass is 79.9. The van der Waals surface area contributed by atoms with E-state index < -0.39 is 0 Å². The fourth-order valence-electron chi connectivity index (χ4n) is 1.52. The van der Waals surface area contributed by atoms with E-state index in [0.717, 1.165) is 14.3 Å². The van der Waals surface area contributed by atoms with Crippen LogP contribution in [0.2, 0.25) is 5.02 Å². The summed E-state index contributed by atoms with van der Waals surface area (Å²) in [7, 11) is 0. The average molecular weight is 342 g/mol. The molecule has 1 nitrogen and oxygen atoms in total. The van der Waals surface area contributed by atoms with Gasteiger partial charge in [-0.2, -0.15) is 0 Å². The number of rotatable bonds is 3. The Labute approximate surface area is 124 Å². The fraction of sp³-hybridized carbons (Fsp3) is 0.0714. The SMILES string of the molecule is CC(=O)c1cc(Br)ccc1Sc1cccc(Cl)c1. The molecule has 0 N–H and O–H groups in total. The molecule has 0 fully saturated rings. The molecule has 0 aliphatic rings. The van der Waals surface area contributed by atoms with E-state index in [2.05, 4.69) is 15.9 Å². The Morgan fingerprint density at radius 1 is 1.22 bits per heavy atom. The Balaban J connectivity index is 2.37. The molecule has 0 heterocycles. The lowest BCUT2D eigenvalue weighted by Gasteiger charge is -2.07. The van der Waals surface area contributed by atoms with Gasteiger partial charge in [0.15, 0.2) is 5.78 Å². The van der Waals surface area contributed by atoms with Gasteiger partial charge in [-0.3, -0.25) is 4.79 Å². The van der Waals surface area contributed by atoms with Crippen LogP contribution in [0.4, 0.5) is 0 Å². The van der Waals surface area contributed by atoms with Gasteiger partial charge in [-0.1, -0.05) is 45.4 Å². The van der Waals surface area contributed by atoms with Gasteiger partial charge in [-0.15, -0.1) is 0 Å².